The van der Waals surface area contributed by atoms with E-state index in [-0.39, 0.29) is 0 Å². The molecular formula is C21H22N4O. The summed E-state index contributed by atoms with van der Waals surface area (Å²) in [6, 6.07) is 18.3. The SMILES string of the molecule is COc1cccc(Nc2cc(C)nc(N3CCCc4ccccc43)n2)c1. The molecule has 1 aromatic heterocycles. The summed E-state index contributed by atoms with van der Waals surface area (Å²) in [5.74, 6) is 2.33. The lowest BCUT2D eigenvalue weighted by Crippen LogP contribution is -2.26. The highest BCUT2D eigenvalue weighted by atomic mass is 16.5. The molecule has 1 aliphatic heterocycles. The van der Waals surface area contributed by atoms with Crippen molar-refractivity contribution >= 4 is 23.1 Å². The van der Waals surface area contributed by atoms with Gasteiger partial charge in [0.25, 0.3) is 0 Å². The molecule has 3 aromatic rings. The van der Waals surface area contributed by atoms with Crippen LogP contribution in [0.2, 0.25) is 0 Å². The Morgan fingerprint density at radius 1 is 1.04 bits per heavy atom. The zero-order chi connectivity index (χ0) is 17.9. The molecule has 0 spiro atoms. The number of fused-ring (bicyclic) bond motifs is 1. The normalized spacial score (nSPS) is 13.2. The highest BCUT2D eigenvalue weighted by molar-refractivity contribution is 5.66. The zero-order valence-electron chi connectivity index (χ0n) is 15.1. The zero-order valence-corrected chi connectivity index (χ0v) is 15.1. The molecule has 5 heteroatoms. The maximum absolute atomic E-state index is 5.29. The maximum Gasteiger partial charge on any atom is 0.232 e. The van der Waals surface area contributed by atoms with E-state index in [1.54, 1.807) is 7.11 Å². The van der Waals surface area contributed by atoms with E-state index in [1.807, 2.05) is 37.3 Å². The first-order chi connectivity index (χ1) is 12.7. The second-order valence-electron chi connectivity index (χ2n) is 6.44. The molecule has 1 aliphatic rings. The monoisotopic (exact) mass is 346 g/mol. The van der Waals surface area contributed by atoms with Crippen molar-refractivity contribution in [2.24, 2.45) is 0 Å². The largest absolute Gasteiger partial charge is 0.497 e. The maximum atomic E-state index is 5.29. The first-order valence-electron chi connectivity index (χ1n) is 8.85. The molecule has 2 aromatic carbocycles. The quantitative estimate of drug-likeness (QED) is 0.747. The molecule has 0 aliphatic carbocycles. The van der Waals surface area contributed by atoms with Crippen molar-refractivity contribution in [1.82, 2.24) is 9.97 Å². The van der Waals surface area contributed by atoms with Gasteiger partial charge in [0.05, 0.1) is 7.11 Å². The third-order valence-electron chi connectivity index (χ3n) is 4.54. The van der Waals surface area contributed by atoms with Gasteiger partial charge in [-0.3, -0.25) is 0 Å². The highest BCUT2D eigenvalue weighted by Crippen LogP contribution is 2.32. The number of aryl methyl sites for hydroxylation is 2. The molecule has 0 amide bonds. The van der Waals surface area contributed by atoms with Gasteiger partial charge in [-0.1, -0.05) is 24.3 Å². The molecule has 5 nitrogen and oxygen atoms in total. The topological polar surface area (TPSA) is 50.3 Å². The van der Waals surface area contributed by atoms with Gasteiger partial charge in [0.15, 0.2) is 0 Å². The van der Waals surface area contributed by atoms with Crippen molar-refractivity contribution in [1.29, 1.82) is 0 Å². The summed E-state index contributed by atoms with van der Waals surface area (Å²) in [6.45, 7) is 2.93. The van der Waals surface area contributed by atoms with Gasteiger partial charge >= 0.3 is 0 Å². The van der Waals surface area contributed by atoms with Crippen LogP contribution >= 0.6 is 0 Å². The van der Waals surface area contributed by atoms with Crippen LogP contribution in [-0.2, 0) is 6.42 Å². The Morgan fingerprint density at radius 3 is 2.81 bits per heavy atom. The molecule has 0 saturated heterocycles. The number of nitrogens with zero attached hydrogens (tertiary/aromatic N) is 3. The number of anilines is 4. The van der Waals surface area contributed by atoms with E-state index < -0.39 is 0 Å². The number of hydrogen-bond acceptors (Lipinski definition) is 5. The van der Waals surface area contributed by atoms with Crippen LogP contribution in [0, 0.1) is 6.92 Å². The van der Waals surface area contributed by atoms with E-state index in [0.29, 0.717) is 0 Å². The molecule has 0 bridgehead atoms. The van der Waals surface area contributed by atoms with Crippen LogP contribution in [0.25, 0.3) is 0 Å². The highest BCUT2D eigenvalue weighted by Gasteiger charge is 2.20. The second-order valence-corrected chi connectivity index (χ2v) is 6.44. The summed E-state index contributed by atoms with van der Waals surface area (Å²) in [7, 11) is 1.67. The third kappa shape index (κ3) is 3.33. The Labute approximate surface area is 153 Å². The Hall–Kier alpha value is -3.08. The average molecular weight is 346 g/mol. The van der Waals surface area contributed by atoms with Gasteiger partial charge in [0.1, 0.15) is 11.6 Å². The smallest absolute Gasteiger partial charge is 0.232 e. The van der Waals surface area contributed by atoms with Crippen molar-refractivity contribution < 1.29 is 4.74 Å². The van der Waals surface area contributed by atoms with Crippen molar-refractivity contribution in [2.75, 3.05) is 23.9 Å². The van der Waals surface area contributed by atoms with E-state index in [2.05, 4.69) is 39.5 Å². The van der Waals surface area contributed by atoms with Crippen molar-refractivity contribution in [3.05, 3.63) is 65.9 Å². The Balaban J connectivity index is 1.67. The van der Waals surface area contributed by atoms with Crippen LogP contribution < -0.4 is 15.0 Å². The number of para-hydroxylation sites is 1. The molecular weight excluding hydrogens is 324 g/mol. The van der Waals surface area contributed by atoms with E-state index in [0.717, 1.165) is 48.3 Å². The fourth-order valence-electron chi connectivity index (χ4n) is 3.33. The number of benzene rings is 2. The first kappa shape index (κ1) is 16.4. The first-order valence-corrected chi connectivity index (χ1v) is 8.85. The van der Waals surface area contributed by atoms with Gasteiger partial charge in [0.2, 0.25) is 5.95 Å². The standard InChI is InChI=1S/C21H22N4O/c1-15-13-20(23-17-9-5-10-18(14-17)26-2)24-21(22-15)25-12-6-8-16-7-3-4-11-19(16)25/h3-5,7,9-11,13-14H,6,8,12H2,1-2H3,(H,22,23,24). The summed E-state index contributed by atoms with van der Waals surface area (Å²) in [6.07, 6.45) is 2.21. The van der Waals surface area contributed by atoms with Crippen molar-refractivity contribution in [3.63, 3.8) is 0 Å². The minimum absolute atomic E-state index is 0.738. The average Bonchev–Trinajstić information content (AvgIpc) is 2.67. The van der Waals surface area contributed by atoms with Crippen molar-refractivity contribution in [3.8, 4) is 5.75 Å². The lowest BCUT2D eigenvalue weighted by Gasteiger charge is -2.29. The number of nitrogens with one attached hydrogen (secondary N) is 1. The molecule has 0 radical (unpaired) electrons. The van der Waals surface area contributed by atoms with Crippen molar-refractivity contribution in [2.45, 2.75) is 19.8 Å². The molecule has 4 rings (SSSR count). The number of methoxy groups -OCH3 is 1. The van der Waals surface area contributed by atoms with E-state index in [4.69, 9.17) is 9.72 Å². The van der Waals surface area contributed by atoms with E-state index in [1.165, 1.54) is 11.3 Å². The molecule has 2 heterocycles. The minimum atomic E-state index is 0.738. The van der Waals surface area contributed by atoms with Crippen LogP contribution in [0.4, 0.5) is 23.1 Å². The van der Waals surface area contributed by atoms with Gasteiger partial charge in [-0.25, -0.2) is 4.98 Å². The van der Waals surface area contributed by atoms with E-state index >= 15 is 0 Å². The predicted octanol–water partition coefficient (Wildman–Crippen LogP) is 4.62. The summed E-state index contributed by atoms with van der Waals surface area (Å²) < 4.78 is 5.29. The Kier molecular flexibility index (Phi) is 4.44. The summed E-state index contributed by atoms with van der Waals surface area (Å²) in [4.78, 5) is 11.7. The van der Waals surface area contributed by atoms with Crippen LogP contribution in [0.5, 0.6) is 5.75 Å². The number of rotatable bonds is 4. The summed E-state index contributed by atoms with van der Waals surface area (Å²) >= 11 is 0. The molecule has 0 saturated carbocycles. The molecule has 0 unspecified atom stereocenters. The van der Waals surface area contributed by atoms with Crippen LogP contribution in [-0.4, -0.2) is 23.6 Å². The molecule has 26 heavy (non-hydrogen) atoms. The fourth-order valence-corrected chi connectivity index (χ4v) is 3.33. The lowest BCUT2D eigenvalue weighted by molar-refractivity contribution is 0.415. The Bertz CT molecular complexity index is 925. The number of ether oxygens (including phenoxy) is 1. The molecule has 0 fully saturated rings. The van der Waals surface area contributed by atoms with Gasteiger partial charge in [-0.05, 0) is 43.5 Å². The Morgan fingerprint density at radius 2 is 1.92 bits per heavy atom. The van der Waals surface area contributed by atoms with Gasteiger partial charge in [-0.2, -0.15) is 4.98 Å². The molecule has 132 valence electrons. The lowest BCUT2D eigenvalue weighted by atomic mass is 10.0. The van der Waals surface area contributed by atoms with Gasteiger partial charge < -0.3 is 15.0 Å². The summed E-state index contributed by atoms with van der Waals surface area (Å²) in [5, 5.41) is 3.37. The minimum Gasteiger partial charge on any atom is -0.497 e. The number of aromatic nitrogens is 2. The van der Waals surface area contributed by atoms with Gasteiger partial charge in [-0.15, -0.1) is 0 Å². The van der Waals surface area contributed by atoms with Crippen LogP contribution in [0.1, 0.15) is 17.7 Å². The van der Waals surface area contributed by atoms with Crippen LogP contribution in [0.3, 0.4) is 0 Å². The van der Waals surface area contributed by atoms with Crippen LogP contribution in [0.15, 0.2) is 54.6 Å². The third-order valence-corrected chi connectivity index (χ3v) is 4.54. The number of hydrogen-bond donors (Lipinski definition) is 1. The molecule has 1 N–H and O–H groups in total. The predicted molar refractivity (Wildman–Crippen MR) is 105 cm³/mol. The summed E-state index contributed by atoms with van der Waals surface area (Å²) in [5.41, 5.74) is 4.43. The fraction of sp³-hybridized carbons (Fsp3) is 0.238. The van der Waals surface area contributed by atoms with Gasteiger partial charge in [0, 0.05) is 35.7 Å². The molecule has 0 atom stereocenters. The second kappa shape index (κ2) is 7.04. The van der Waals surface area contributed by atoms with E-state index in [9.17, 15) is 0 Å².